The van der Waals surface area contributed by atoms with Crippen LogP contribution in [0.5, 0.6) is 11.5 Å². The number of ether oxygens (including phenoxy) is 2. The van der Waals surface area contributed by atoms with Crippen LogP contribution in [0.4, 0.5) is 0 Å². The summed E-state index contributed by atoms with van der Waals surface area (Å²) in [5.41, 5.74) is 0.942. The number of aromatic nitrogens is 1. The average Bonchev–Trinajstić information content (AvgIpc) is 3.31. The zero-order valence-corrected chi connectivity index (χ0v) is 16.9. The van der Waals surface area contributed by atoms with Crippen LogP contribution in [0.25, 0.3) is 5.76 Å². The molecule has 156 valence electrons. The van der Waals surface area contributed by atoms with E-state index in [0.717, 1.165) is 6.54 Å². The summed E-state index contributed by atoms with van der Waals surface area (Å²) in [4.78, 5) is 33.7. The van der Waals surface area contributed by atoms with Crippen molar-refractivity contribution < 1.29 is 24.2 Å². The summed E-state index contributed by atoms with van der Waals surface area (Å²) in [5, 5.41) is 11.1. The maximum atomic E-state index is 12.9. The second kappa shape index (κ2) is 8.16. The van der Waals surface area contributed by atoms with Crippen LogP contribution < -0.4 is 9.47 Å². The minimum Gasteiger partial charge on any atom is -0.507 e. The van der Waals surface area contributed by atoms with E-state index in [0.29, 0.717) is 35.7 Å². The molecule has 0 spiro atoms. The summed E-state index contributed by atoms with van der Waals surface area (Å²) in [6.07, 6.45) is 2.29. The van der Waals surface area contributed by atoms with Crippen LogP contribution in [0.15, 0.2) is 48.2 Å². The molecule has 1 saturated heterocycles. The fraction of sp³-hybridized carbons (Fsp3) is 0.318. The monoisotopic (exact) mass is 409 g/mol. The summed E-state index contributed by atoms with van der Waals surface area (Å²) in [6.45, 7) is 1.24. The molecule has 1 N–H and O–H groups in total. The van der Waals surface area contributed by atoms with Crippen molar-refractivity contribution in [1.82, 2.24) is 14.8 Å². The van der Waals surface area contributed by atoms with Gasteiger partial charge in [-0.1, -0.05) is 6.07 Å². The van der Waals surface area contributed by atoms with E-state index in [4.69, 9.17) is 9.47 Å². The zero-order chi connectivity index (χ0) is 21.3. The molecule has 1 amide bonds. The lowest BCUT2D eigenvalue weighted by molar-refractivity contribution is -0.140. The van der Waals surface area contributed by atoms with Gasteiger partial charge in [0.1, 0.15) is 11.8 Å². The van der Waals surface area contributed by atoms with Crippen LogP contribution in [0.3, 0.4) is 0 Å². The number of fused-ring (bicyclic) bond motifs is 1. The van der Waals surface area contributed by atoms with Crippen LogP contribution in [0.2, 0.25) is 0 Å². The Hall–Kier alpha value is -3.39. The molecule has 0 saturated carbocycles. The molecule has 8 nitrogen and oxygen atoms in total. The minimum absolute atomic E-state index is 0.0300. The number of nitrogens with zero attached hydrogens (tertiary/aromatic N) is 3. The van der Waals surface area contributed by atoms with Crippen molar-refractivity contribution in [1.29, 1.82) is 0 Å². The first-order valence-corrected chi connectivity index (χ1v) is 9.71. The van der Waals surface area contributed by atoms with Crippen molar-refractivity contribution >= 4 is 17.4 Å². The number of hydrogen-bond donors (Lipinski definition) is 1. The molecule has 2 aliphatic heterocycles. The van der Waals surface area contributed by atoms with Crippen molar-refractivity contribution in [3.05, 3.63) is 59.4 Å². The molecule has 3 heterocycles. The van der Waals surface area contributed by atoms with Gasteiger partial charge in [0.25, 0.3) is 11.7 Å². The summed E-state index contributed by atoms with van der Waals surface area (Å²) in [5.74, 6) is -0.555. The van der Waals surface area contributed by atoms with E-state index >= 15 is 0 Å². The third-order valence-electron chi connectivity index (χ3n) is 5.16. The summed E-state index contributed by atoms with van der Waals surface area (Å²) in [7, 11) is 3.90. The number of Topliss-reactive ketones (excluding diaryl/α,β-unsaturated/α-hetero) is 1. The number of hydrogen-bond acceptors (Lipinski definition) is 7. The lowest BCUT2D eigenvalue weighted by Gasteiger charge is -2.25. The summed E-state index contributed by atoms with van der Waals surface area (Å²) >= 11 is 0. The van der Waals surface area contributed by atoms with Crippen LogP contribution >= 0.6 is 0 Å². The number of carbonyl (C=O) groups is 2. The Morgan fingerprint density at radius 3 is 2.73 bits per heavy atom. The Morgan fingerprint density at radius 1 is 1.20 bits per heavy atom. The highest BCUT2D eigenvalue weighted by molar-refractivity contribution is 6.46. The van der Waals surface area contributed by atoms with E-state index < -0.39 is 17.7 Å². The van der Waals surface area contributed by atoms with Gasteiger partial charge in [0.05, 0.1) is 11.3 Å². The first-order chi connectivity index (χ1) is 14.5. The number of aliphatic hydroxyl groups is 1. The maximum Gasteiger partial charge on any atom is 0.295 e. The predicted octanol–water partition coefficient (Wildman–Crippen LogP) is 2.18. The molecule has 0 radical (unpaired) electrons. The second-order valence-corrected chi connectivity index (χ2v) is 7.47. The minimum atomic E-state index is -0.751. The molecule has 1 fully saturated rings. The molecule has 4 rings (SSSR count). The molecule has 30 heavy (non-hydrogen) atoms. The number of ketones is 1. The van der Waals surface area contributed by atoms with E-state index in [1.165, 1.54) is 4.90 Å². The third-order valence-corrected chi connectivity index (χ3v) is 5.16. The largest absolute Gasteiger partial charge is 0.507 e. The molecule has 2 aliphatic rings. The standard InChI is InChI=1S/C22H23N3O5/c1-24(2)10-5-11-25-19(15-6-3-4-9-23-15)18(21(27)22(25)28)20(26)14-7-8-16-17(12-14)30-13-29-16/h3-4,6-9,12,19,26H,5,10-11,13H2,1-2H3/b20-18-/t19-/m1/s1. The third kappa shape index (κ3) is 3.61. The van der Waals surface area contributed by atoms with E-state index in [1.54, 1.807) is 42.6 Å². The van der Waals surface area contributed by atoms with Crippen molar-refractivity contribution in [2.75, 3.05) is 34.0 Å². The fourth-order valence-corrected chi connectivity index (χ4v) is 3.71. The van der Waals surface area contributed by atoms with Gasteiger partial charge < -0.3 is 24.4 Å². The highest BCUT2D eigenvalue weighted by Crippen LogP contribution is 2.40. The van der Waals surface area contributed by atoms with E-state index in [2.05, 4.69) is 4.98 Å². The van der Waals surface area contributed by atoms with Crippen LogP contribution in [-0.2, 0) is 9.59 Å². The first kappa shape index (κ1) is 19.9. The quantitative estimate of drug-likeness (QED) is 0.444. The number of likely N-dealkylation sites (tertiary alicyclic amines) is 1. The van der Waals surface area contributed by atoms with Gasteiger partial charge in [-0.25, -0.2) is 0 Å². The normalized spacial score (nSPS) is 19.7. The maximum absolute atomic E-state index is 12.9. The van der Waals surface area contributed by atoms with Gasteiger partial charge in [0.2, 0.25) is 6.79 Å². The molecule has 0 aliphatic carbocycles. The van der Waals surface area contributed by atoms with E-state index in [9.17, 15) is 14.7 Å². The Kier molecular flexibility index (Phi) is 5.41. The van der Waals surface area contributed by atoms with Gasteiger partial charge in [-0.15, -0.1) is 0 Å². The topological polar surface area (TPSA) is 92.2 Å². The second-order valence-electron chi connectivity index (χ2n) is 7.47. The van der Waals surface area contributed by atoms with Crippen molar-refractivity contribution in [2.24, 2.45) is 0 Å². The number of amides is 1. The molecule has 2 aromatic rings. The van der Waals surface area contributed by atoms with Crippen molar-refractivity contribution in [3.8, 4) is 11.5 Å². The van der Waals surface area contributed by atoms with E-state index in [-0.39, 0.29) is 18.1 Å². The van der Waals surface area contributed by atoms with Crippen molar-refractivity contribution in [2.45, 2.75) is 12.5 Å². The first-order valence-electron chi connectivity index (χ1n) is 9.71. The molecular formula is C22H23N3O5. The number of rotatable bonds is 6. The number of pyridine rings is 1. The highest BCUT2D eigenvalue weighted by atomic mass is 16.7. The Balaban J connectivity index is 1.77. The Morgan fingerprint density at radius 2 is 2.00 bits per heavy atom. The predicted molar refractivity (Wildman–Crippen MR) is 109 cm³/mol. The van der Waals surface area contributed by atoms with Gasteiger partial charge >= 0.3 is 0 Å². The van der Waals surface area contributed by atoms with E-state index in [1.807, 2.05) is 19.0 Å². The average molecular weight is 409 g/mol. The lowest BCUT2D eigenvalue weighted by atomic mass is 9.98. The Bertz CT molecular complexity index is 1000. The fourth-order valence-electron chi connectivity index (χ4n) is 3.71. The van der Waals surface area contributed by atoms with Gasteiger partial charge in [-0.3, -0.25) is 14.6 Å². The summed E-state index contributed by atoms with van der Waals surface area (Å²) < 4.78 is 10.7. The van der Waals surface area contributed by atoms with Gasteiger partial charge in [0, 0.05) is 18.3 Å². The van der Waals surface area contributed by atoms with Crippen molar-refractivity contribution in [3.63, 3.8) is 0 Å². The Labute approximate surface area is 174 Å². The highest BCUT2D eigenvalue weighted by Gasteiger charge is 2.46. The molecule has 0 bridgehead atoms. The molecule has 1 atom stereocenters. The van der Waals surface area contributed by atoms with Gasteiger partial charge in [-0.05, 0) is 57.4 Å². The number of benzene rings is 1. The smallest absolute Gasteiger partial charge is 0.295 e. The van der Waals surface area contributed by atoms with Crippen LogP contribution in [-0.4, -0.2) is 65.6 Å². The van der Waals surface area contributed by atoms with Gasteiger partial charge in [-0.2, -0.15) is 0 Å². The van der Waals surface area contributed by atoms with Gasteiger partial charge in [0.15, 0.2) is 11.5 Å². The zero-order valence-electron chi connectivity index (χ0n) is 16.9. The number of aliphatic hydroxyl groups excluding tert-OH is 1. The van der Waals surface area contributed by atoms with Crippen LogP contribution in [0.1, 0.15) is 23.7 Å². The molecule has 8 heteroatoms. The SMILES string of the molecule is CN(C)CCCN1C(=O)C(=O)/C(=C(\O)c2ccc3c(c2)OCO3)[C@H]1c1ccccn1. The lowest BCUT2D eigenvalue weighted by Crippen LogP contribution is -2.32. The molecular weight excluding hydrogens is 386 g/mol. The van der Waals surface area contributed by atoms with Crippen LogP contribution in [0, 0.1) is 0 Å². The summed E-state index contributed by atoms with van der Waals surface area (Å²) in [6, 6.07) is 9.47. The molecule has 1 aromatic heterocycles. The molecule has 1 aromatic carbocycles. The number of carbonyl (C=O) groups excluding carboxylic acids is 2. The molecule has 0 unspecified atom stereocenters.